The van der Waals surface area contributed by atoms with Crippen molar-refractivity contribution in [3.05, 3.63) is 34.6 Å². The topological polar surface area (TPSA) is 40.5 Å². The summed E-state index contributed by atoms with van der Waals surface area (Å²) in [5.41, 5.74) is 0.711. The van der Waals surface area contributed by atoms with E-state index in [1.165, 1.54) is 12.1 Å². The molecule has 1 fully saturated rings. The third-order valence-corrected chi connectivity index (χ3v) is 3.17. The van der Waals surface area contributed by atoms with Crippen molar-refractivity contribution in [3.8, 4) is 0 Å². The molecule has 0 bridgehead atoms. The first-order chi connectivity index (χ1) is 8.06. The van der Waals surface area contributed by atoms with E-state index in [1.54, 1.807) is 6.07 Å². The molecule has 1 atom stereocenters. The van der Waals surface area contributed by atoms with Crippen LogP contribution in [0.15, 0.2) is 18.2 Å². The van der Waals surface area contributed by atoms with Crippen molar-refractivity contribution >= 4 is 17.6 Å². The molecule has 1 heterocycles. The molecule has 92 valence electrons. The van der Waals surface area contributed by atoms with Crippen LogP contribution in [0.4, 0.5) is 4.39 Å². The van der Waals surface area contributed by atoms with Crippen molar-refractivity contribution in [1.82, 2.24) is 4.90 Å². The van der Waals surface area contributed by atoms with Crippen molar-refractivity contribution in [3.63, 3.8) is 0 Å². The Balaban J connectivity index is 2.12. The maximum atomic E-state index is 13.1. The lowest BCUT2D eigenvalue weighted by Crippen LogP contribution is -2.35. The van der Waals surface area contributed by atoms with Crippen molar-refractivity contribution in [2.24, 2.45) is 0 Å². The number of benzene rings is 1. The standard InChI is InChI=1S/C12H13ClFNO2/c13-9-4-8(5-10(14)6-9)7-15-3-1-2-11(15)12(16)17/h4-6,11H,1-3,7H2,(H,16,17)/t11-/m1/s1. The molecule has 17 heavy (non-hydrogen) atoms. The Kier molecular flexibility index (Phi) is 3.64. The lowest BCUT2D eigenvalue weighted by molar-refractivity contribution is -0.142. The van der Waals surface area contributed by atoms with Crippen LogP contribution in [0.2, 0.25) is 5.02 Å². The smallest absolute Gasteiger partial charge is 0.320 e. The summed E-state index contributed by atoms with van der Waals surface area (Å²) in [5, 5.41) is 9.37. The van der Waals surface area contributed by atoms with Crippen LogP contribution in [-0.2, 0) is 11.3 Å². The maximum absolute atomic E-state index is 13.1. The summed E-state index contributed by atoms with van der Waals surface area (Å²) in [6.07, 6.45) is 1.51. The molecular weight excluding hydrogens is 245 g/mol. The molecule has 0 aliphatic carbocycles. The molecule has 2 rings (SSSR count). The van der Waals surface area contributed by atoms with Gasteiger partial charge in [0.05, 0.1) is 0 Å². The molecule has 1 aliphatic heterocycles. The first-order valence-corrected chi connectivity index (χ1v) is 5.86. The van der Waals surface area contributed by atoms with E-state index in [-0.39, 0.29) is 0 Å². The van der Waals surface area contributed by atoms with Crippen molar-refractivity contribution in [1.29, 1.82) is 0 Å². The van der Waals surface area contributed by atoms with Gasteiger partial charge < -0.3 is 5.11 Å². The summed E-state index contributed by atoms with van der Waals surface area (Å²) in [5.74, 6) is -1.21. The summed E-state index contributed by atoms with van der Waals surface area (Å²) >= 11 is 5.76. The summed E-state index contributed by atoms with van der Waals surface area (Å²) in [6, 6.07) is 3.84. The van der Waals surface area contributed by atoms with Crippen molar-refractivity contribution < 1.29 is 14.3 Å². The second-order valence-electron chi connectivity index (χ2n) is 4.24. The molecular formula is C12H13ClFNO2. The van der Waals surface area contributed by atoms with Gasteiger partial charge in [0.1, 0.15) is 11.9 Å². The SMILES string of the molecule is O=C(O)[C@H]1CCCN1Cc1cc(F)cc(Cl)c1. The number of likely N-dealkylation sites (tertiary alicyclic amines) is 1. The maximum Gasteiger partial charge on any atom is 0.320 e. The number of carboxylic acids is 1. The van der Waals surface area contributed by atoms with Crippen LogP contribution in [0.3, 0.4) is 0 Å². The van der Waals surface area contributed by atoms with Crippen molar-refractivity contribution in [2.75, 3.05) is 6.54 Å². The Labute approximate surface area is 104 Å². The third kappa shape index (κ3) is 2.96. The quantitative estimate of drug-likeness (QED) is 0.905. The fourth-order valence-electron chi connectivity index (χ4n) is 2.23. The number of aliphatic carboxylic acids is 1. The van der Waals surface area contributed by atoms with Gasteiger partial charge in [-0.1, -0.05) is 11.6 Å². The first-order valence-electron chi connectivity index (χ1n) is 5.48. The third-order valence-electron chi connectivity index (χ3n) is 2.96. The van der Waals surface area contributed by atoms with Gasteiger partial charge in [-0.25, -0.2) is 4.39 Å². The molecule has 0 aromatic heterocycles. The second kappa shape index (κ2) is 5.02. The minimum atomic E-state index is -0.815. The van der Waals surface area contributed by atoms with Gasteiger partial charge in [0, 0.05) is 11.6 Å². The minimum Gasteiger partial charge on any atom is -0.480 e. The van der Waals surface area contributed by atoms with E-state index < -0.39 is 17.8 Å². The number of rotatable bonds is 3. The van der Waals surface area contributed by atoms with Gasteiger partial charge in [-0.15, -0.1) is 0 Å². The Hall–Kier alpha value is -1.13. The molecule has 0 saturated carbocycles. The van der Waals surface area contributed by atoms with Crippen LogP contribution < -0.4 is 0 Å². The van der Waals surface area contributed by atoms with Gasteiger partial charge >= 0.3 is 5.97 Å². The number of hydrogen-bond acceptors (Lipinski definition) is 2. The van der Waals surface area contributed by atoms with E-state index >= 15 is 0 Å². The molecule has 1 aliphatic rings. The number of carbonyl (C=O) groups is 1. The Morgan fingerprint density at radius 2 is 2.29 bits per heavy atom. The Morgan fingerprint density at radius 1 is 1.53 bits per heavy atom. The van der Waals surface area contributed by atoms with E-state index in [1.807, 2.05) is 4.90 Å². The van der Waals surface area contributed by atoms with Gasteiger partial charge in [0.15, 0.2) is 0 Å². The zero-order chi connectivity index (χ0) is 12.4. The number of nitrogens with zero attached hydrogens (tertiary/aromatic N) is 1. The van der Waals surface area contributed by atoms with Crippen LogP contribution in [0.5, 0.6) is 0 Å². The molecule has 0 spiro atoms. The Bertz CT molecular complexity index is 418. The monoisotopic (exact) mass is 257 g/mol. The van der Waals surface area contributed by atoms with Crippen LogP contribution in [0.1, 0.15) is 18.4 Å². The van der Waals surface area contributed by atoms with E-state index in [2.05, 4.69) is 0 Å². The zero-order valence-corrected chi connectivity index (χ0v) is 9.95. The highest BCUT2D eigenvalue weighted by Gasteiger charge is 2.30. The second-order valence-corrected chi connectivity index (χ2v) is 4.68. The van der Waals surface area contributed by atoms with Crippen LogP contribution in [0.25, 0.3) is 0 Å². The predicted octanol–water partition coefficient (Wildman–Crippen LogP) is 2.53. The summed E-state index contributed by atoms with van der Waals surface area (Å²) in [7, 11) is 0. The zero-order valence-electron chi connectivity index (χ0n) is 9.20. The van der Waals surface area contributed by atoms with Gasteiger partial charge in [0.2, 0.25) is 0 Å². The number of halogens is 2. The highest BCUT2D eigenvalue weighted by atomic mass is 35.5. The van der Waals surface area contributed by atoms with Crippen LogP contribution >= 0.6 is 11.6 Å². The average Bonchev–Trinajstić information content (AvgIpc) is 2.63. The van der Waals surface area contributed by atoms with Gasteiger partial charge in [-0.2, -0.15) is 0 Å². The molecule has 0 unspecified atom stereocenters. The molecule has 0 radical (unpaired) electrons. The summed E-state index contributed by atoms with van der Waals surface area (Å²) in [4.78, 5) is 12.8. The lowest BCUT2D eigenvalue weighted by atomic mass is 10.2. The first kappa shape index (κ1) is 12.3. The molecule has 3 nitrogen and oxygen atoms in total. The molecule has 5 heteroatoms. The van der Waals surface area contributed by atoms with Crippen LogP contribution in [-0.4, -0.2) is 28.6 Å². The largest absolute Gasteiger partial charge is 0.480 e. The van der Waals surface area contributed by atoms with Crippen molar-refractivity contribution in [2.45, 2.75) is 25.4 Å². The van der Waals surface area contributed by atoms with E-state index in [4.69, 9.17) is 16.7 Å². The van der Waals surface area contributed by atoms with Gasteiger partial charge in [0.25, 0.3) is 0 Å². The Morgan fingerprint density at radius 3 is 2.94 bits per heavy atom. The molecule has 1 aromatic carbocycles. The predicted molar refractivity (Wildman–Crippen MR) is 62.5 cm³/mol. The normalized spacial score (nSPS) is 20.7. The van der Waals surface area contributed by atoms with Gasteiger partial charge in [-0.05, 0) is 43.1 Å². The highest BCUT2D eigenvalue weighted by molar-refractivity contribution is 6.30. The van der Waals surface area contributed by atoms with Crippen LogP contribution in [0, 0.1) is 5.82 Å². The molecule has 1 saturated heterocycles. The average molecular weight is 258 g/mol. The molecule has 0 amide bonds. The van der Waals surface area contributed by atoms with E-state index in [9.17, 15) is 9.18 Å². The molecule has 1 aromatic rings. The number of carboxylic acid groups (broad SMARTS) is 1. The highest BCUT2D eigenvalue weighted by Crippen LogP contribution is 2.22. The number of hydrogen-bond donors (Lipinski definition) is 1. The van der Waals surface area contributed by atoms with Gasteiger partial charge in [-0.3, -0.25) is 9.69 Å². The summed E-state index contributed by atoms with van der Waals surface area (Å²) < 4.78 is 13.1. The fourth-order valence-corrected chi connectivity index (χ4v) is 2.48. The lowest BCUT2D eigenvalue weighted by Gasteiger charge is -2.21. The van der Waals surface area contributed by atoms with E-state index in [0.29, 0.717) is 23.6 Å². The fraction of sp³-hybridized carbons (Fsp3) is 0.417. The minimum absolute atomic E-state index is 0.339. The molecule has 1 N–H and O–H groups in total. The van der Waals surface area contributed by atoms with E-state index in [0.717, 1.165) is 13.0 Å². The summed E-state index contributed by atoms with van der Waals surface area (Å²) in [6.45, 7) is 1.15.